The van der Waals surface area contributed by atoms with E-state index in [2.05, 4.69) is 15.4 Å². The van der Waals surface area contributed by atoms with Crippen molar-refractivity contribution >= 4 is 11.6 Å². The van der Waals surface area contributed by atoms with Gasteiger partial charge in [-0.1, -0.05) is 0 Å². The topological polar surface area (TPSA) is 85.8 Å². The van der Waals surface area contributed by atoms with Crippen LogP contribution in [0.4, 0.5) is 5.69 Å². The van der Waals surface area contributed by atoms with Crippen molar-refractivity contribution in [3.05, 3.63) is 41.5 Å². The Hall–Kier alpha value is -2.37. The van der Waals surface area contributed by atoms with Crippen molar-refractivity contribution in [1.82, 2.24) is 20.1 Å². The average molecular weight is 259 g/mol. The number of nitrogen functional groups attached to an aromatic ring is 1. The number of pyridine rings is 1. The van der Waals surface area contributed by atoms with Crippen molar-refractivity contribution in [2.45, 2.75) is 13.3 Å². The maximum Gasteiger partial charge on any atom is 0.253 e. The molecule has 0 fully saturated rings. The first-order valence-electron chi connectivity index (χ1n) is 6.04. The summed E-state index contributed by atoms with van der Waals surface area (Å²) in [5.41, 5.74) is 8.41. The van der Waals surface area contributed by atoms with E-state index in [9.17, 15) is 4.79 Å². The number of hydrogen-bond donors (Lipinski definition) is 2. The molecule has 2 aromatic heterocycles. The lowest BCUT2D eigenvalue weighted by molar-refractivity contribution is 0.0953. The number of aryl methyl sites for hydroxylation is 2. The average Bonchev–Trinajstić information content (AvgIpc) is 2.78. The van der Waals surface area contributed by atoms with Gasteiger partial charge in [0.25, 0.3) is 5.91 Å². The second-order valence-electron chi connectivity index (χ2n) is 4.43. The number of aromatic nitrogens is 3. The van der Waals surface area contributed by atoms with Crippen LogP contribution in [0, 0.1) is 6.92 Å². The molecule has 2 rings (SSSR count). The maximum atomic E-state index is 12.0. The van der Waals surface area contributed by atoms with E-state index in [0.717, 1.165) is 12.0 Å². The Labute approximate surface area is 111 Å². The van der Waals surface area contributed by atoms with Gasteiger partial charge in [-0.05, 0) is 25.0 Å². The highest BCUT2D eigenvalue weighted by molar-refractivity contribution is 5.95. The Bertz CT molecular complexity index is 590. The van der Waals surface area contributed by atoms with Gasteiger partial charge in [-0.2, -0.15) is 5.10 Å². The number of carbonyl (C=O) groups is 1. The van der Waals surface area contributed by atoms with Gasteiger partial charge in [0.15, 0.2) is 0 Å². The third-order valence-electron chi connectivity index (χ3n) is 2.81. The first-order chi connectivity index (χ1) is 9.06. The second kappa shape index (κ2) is 5.51. The molecule has 0 aromatic carbocycles. The van der Waals surface area contributed by atoms with E-state index in [1.165, 1.54) is 0 Å². The van der Waals surface area contributed by atoms with Gasteiger partial charge >= 0.3 is 0 Å². The predicted octanol–water partition coefficient (Wildman–Crippen LogP) is 0.678. The SMILES string of the molecule is Cc1ncc(N)cc1C(=O)NCCc1cnn(C)c1. The molecule has 0 aliphatic heterocycles. The minimum absolute atomic E-state index is 0.152. The fourth-order valence-corrected chi connectivity index (χ4v) is 1.80. The van der Waals surface area contributed by atoms with Crippen LogP contribution < -0.4 is 11.1 Å². The van der Waals surface area contributed by atoms with E-state index in [-0.39, 0.29) is 5.91 Å². The van der Waals surface area contributed by atoms with Crippen molar-refractivity contribution in [3.8, 4) is 0 Å². The van der Waals surface area contributed by atoms with E-state index in [0.29, 0.717) is 23.5 Å². The van der Waals surface area contributed by atoms with Crippen LogP contribution in [0.25, 0.3) is 0 Å². The Morgan fingerprint density at radius 2 is 2.26 bits per heavy atom. The highest BCUT2D eigenvalue weighted by Gasteiger charge is 2.10. The Balaban J connectivity index is 1.92. The Morgan fingerprint density at radius 1 is 1.47 bits per heavy atom. The van der Waals surface area contributed by atoms with Crippen molar-refractivity contribution in [2.75, 3.05) is 12.3 Å². The van der Waals surface area contributed by atoms with Crippen molar-refractivity contribution < 1.29 is 4.79 Å². The second-order valence-corrected chi connectivity index (χ2v) is 4.43. The zero-order chi connectivity index (χ0) is 13.8. The van der Waals surface area contributed by atoms with Gasteiger partial charge in [0, 0.05) is 19.8 Å². The van der Waals surface area contributed by atoms with Crippen molar-refractivity contribution in [2.24, 2.45) is 7.05 Å². The fourth-order valence-electron chi connectivity index (χ4n) is 1.80. The van der Waals surface area contributed by atoms with Gasteiger partial charge < -0.3 is 11.1 Å². The van der Waals surface area contributed by atoms with Gasteiger partial charge in [0.1, 0.15) is 0 Å². The summed E-state index contributed by atoms with van der Waals surface area (Å²) < 4.78 is 1.74. The molecular weight excluding hydrogens is 242 g/mol. The summed E-state index contributed by atoms with van der Waals surface area (Å²) in [5, 5.41) is 6.93. The summed E-state index contributed by atoms with van der Waals surface area (Å²) in [7, 11) is 1.86. The molecule has 0 saturated carbocycles. The quantitative estimate of drug-likeness (QED) is 0.845. The number of nitrogens with one attached hydrogen (secondary N) is 1. The largest absolute Gasteiger partial charge is 0.397 e. The minimum Gasteiger partial charge on any atom is -0.397 e. The van der Waals surface area contributed by atoms with E-state index in [1.54, 1.807) is 30.1 Å². The molecule has 0 atom stereocenters. The standard InChI is InChI=1S/C13H17N5O/c1-9-12(5-11(14)7-16-9)13(19)15-4-3-10-6-17-18(2)8-10/h5-8H,3-4,14H2,1-2H3,(H,15,19). The summed E-state index contributed by atoms with van der Waals surface area (Å²) in [5.74, 6) is -0.152. The minimum atomic E-state index is -0.152. The molecule has 0 radical (unpaired) electrons. The van der Waals surface area contributed by atoms with Gasteiger partial charge in [0.05, 0.1) is 29.3 Å². The molecule has 1 amide bonds. The van der Waals surface area contributed by atoms with E-state index in [4.69, 9.17) is 5.73 Å². The van der Waals surface area contributed by atoms with Crippen LogP contribution in [0.3, 0.4) is 0 Å². The highest BCUT2D eigenvalue weighted by atomic mass is 16.1. The molecule has 100 valence electrons. The summed E-state index contributed by atoms with van der Waals surface area (Å²) in [4.78, 5) is 16.1. The molecule has 0 saturated heterocycles. The monoisotopic (exact) mass is 259 g/mol. The van der Waals surface area contributed by atoms with Gasteiger partial charge in [-0.3, -0.25) is 14.5 Å². The van der Waals surface area contributed by atoms with E-state index in [1.807, 2.05) is 13.2 Å². The number of amides is 1. The molecule has 0 bridgehead atoms. The Kier molecular flexibility index (Phi) is 3.79. The van der Waals surface area contributed by atoms with Crippen LogP contribution in [0.15, 0.2) is 24.7 Å². The van der Waals surface area contributed by atoms with Gasteiger partial charge in [0.2, 0.25) is 0 Å². The molecule has 0 aliphatic carbocycles. The first kappa shape index (κ1) is 13.1. The number of hydrogen-bond acceptors (Lipinski definition) is 4. The molecule has 0 aliphatic rings. The number of rotatable bonds is 4. The number of nitrogens with two attached hydrogens (primary N) is 1. The summed E-state index contributed by atoms with van der Waals surface area (Å²) in [6, 6.07) is 1.64. The smallest absolute Gasteiger partial charge is 0.253 e. The molecule has 3 N–H and O–H groups in total. The van der Waals surface area contributed by atoms with Crippen LogP contribution >= 0.6 is 0 Å². The molecule has 2 aromatic rings. The zero-order valence-electron chi connectivity index (χ0n) is 11.1. The summed E-state index contributed by atoms with van der Waals surface area (Å²) in [6.07, 6.45) is 6.01. The van der Waals surface area contributed by atoms with Crippen LogP contribution in [0.2, 0.25) is 0 Å². The lowest BCUT2D eigenvalue weighted by atomic mass is 10.1. The maximum absolute atomic E-state index is 12.0. The van der Waals surface area contributed by atoms with Gasteiger partial charge in [-0.25, -0.2) is 0 Å². The number of anilines is 1. The predicted molar refractivity (Wildman–Crippen MR) is 72.6 cm³/mol. The third kappa shape index (κ3) is 3.31. The van der Waals surface area contributed by atoms with Crippen LogP contribution in [0.1, 0.15) is 21.6 Å². The van der Waals surface area contributed by atoms with Crippen LogP contribution in [0.5, 0.6) is 0 Å². The zero-order valence-corrected chi connectivity index (χ0v) is 11.1. The third-order valence-corrected chi connectivity index (χ3v) is 2.81. The fraction of sp³-hybridized carbons (Fsp3) is 0.308. The molecule has 6 nitrogen and oxygen atoms in total. The molecule has 0 spiro atoms. The molecule has 0 unspecified atom stereocenters. The van der Waals surface area contributed by atoms with E-state index < -0.39 is 0 Å². The highest BCUT2D eigenvalue weighted by Crippen LogP contribution is 2.09. The van der Waals surface area contributed by atoms with Crippen molar-refractivity contribution in [3.63, 3.8) is 0 Å². The Morgan fingerprint density at radius 3 is 2.95 bits per heavy atom. The lowest BCUT2D eigenvalue weighted by Gasteiger charge is -2.07. The van der Waals surface area contributed by atoms with Crippen molar-refractivity contribution in [1.29, 1.82) is 0 Å². The summed E-state index contributed by atoms with van der Waals surface area (Å²) >= 11 is 0. The molecule has 19 heavy (non-hydrogen) atoms. The molecular formula is C13H17N5O. The van der Waals surface area contributed by atoms with Crippen LogP contribution in [-0.2, 0) is 13.5 Å². The molecule has 2 heterocycles. The molecule has 6 heteroatoms. The number of carbonyl (C=O) groups excluding carboxylic acids is 1. The number of nitrogens with zero attached hydrogens (tertiary/aromatic N) is 3. The summed E-state index contributed by atoms with van der Waals surface area (Å²) in [6.45, 7) is 2.34. The van der Waals surface area contributed by atoms with E-state index >= 15 is 0 Å². The van der Waals surface area contributed by atoms with Crippen LogP contribution in [-0.4, -0.2) is 27.2 Å². The lowest BCUT2D eigenvalue weighted by Crippen LogP contribution is -2.26. The first-order valence-corrected chi connectivity index (χ1v) is 6.04. The van der Waals surface area contributed by atoms with Gasteiger partial charge in [-0.15, -0.1) is 0 Å². The normalized spacial score (nSPS) is 10.4.